The Morgan fingerprint density at radius 3 is 2.71 bits per heavy atom. The van der Waals surface area contributed by atoms with E-state index in [0.717, 1.165) is 12.7 Å². The Bertz CT molecular complexity index is 533. The van der Waals surface area contributed by atoms with Crippen LogP contribution in [0.4, 0.5) is 4.79 Å². The van der Waals surface area contributed by atoms with E-state index in [9.17, 15) is 14.4 Å². The van der Waals surface area contributed by atoms with Crippen LogP contribution < -0.4 is 10.8 Å². The zero-order valence-corrected chi connectivity index (χ0v) is 11.2. The topological polar surface area (TPSA) is 103 Å². The number of hydroxylamine groups is 1. The second-order valence-corrected chi connectivity index (χ2v) is 4.21. The van der Waals surface area contributed by atoms with Crippen molar-refractivity contribution < 1.29 is 28.7 Å². The maximum absolute atomic E-state index is 11.7. The van der Waals surface area contributed by atoms with Crippen molar-refractivity contribution in [3.05, 3.63) is 35.9 Å². The molecular formula is C13H14N2O6. The molecule has 1 aliphatic rings. The highest BCUT2D eigenvalue weighted by Crippen LogP contribution is 2.09. The van der Waals surface area contributed by atoms with Crippen molar-refractivity contribution in [3.8, 4) is 0 Å². The number of nitrogens with one attached hydrogen (secondary N) is 2. The summed E-state index contributed by atoms with van der Waals surface area (Å²) < 4.78 is 9.44. The van der Waals surface area contributed by atoms with E-state index in [1.807, 2.05) is 23.7 Å². The number of carbonyl (C=O) groups excluding carboxylic acids is 3. The first-order valence-corrected chi connectivity index (χ1v) is 6.12. The molecule has 0 aromatic heterocycles. The lowest BCUT2D eigenvalue weighted by molar-refractivity contribution is -0.154. The number of methoxy groups -OCH3 is 1. The van der Waals surface area contributed by atoms with E-state index in [2.05, 4.69) is 10.1 Å². The summed E-state index contributed by atoms with van der Waals surface area (Å²) in [7, 11) is 1.15. The van der Waals surface area contributed by atoms with Crippen LogP contribution >= 0.6 is 0 Å². The van der Waals surface area contributed by atoms with Gasteiger partial charge >= 0.3 is 12.1 Å². The molecule has 2 rings (SSSR count). The second-order valence-electron chi connectivity index (χ2n) is 4.21. The number of hydrogen-bond donors (Lipinski definition) is 2. The summed E-state index contributed by atoms with van der Waals surface area (Å²) in [6.07, 6.45) is -2.08. The monoisotopic (exact) mass is 294 g/mol. The number of hydrogen-bond acceptors (Lipinski definition) is 6. The first-order chi connectivity index (χ1) is 10.1. The van der Waals surface area contributed by atoms with Crippen molar-refractivity contribution in [2.24, 2.45) is 0 Å². The van der Waals surface area contributed by atoms with E-state index >= 15 is 0 Å². The number of ether oxygens (including phenoxy) is 2. The van der Waals surface area contributed by atoms with Crippen molar-refractivity contribution in [3.63, 3.8) is 0 Å². The van der Waals surface area contributed by atoms with Gasteiger partial charge < -0.3 is 14.8 Å². The lowest BCUT2D eigenvalue weighted by Gasteiger charge is -2.14. The van der Waals surface area contributed by atoms with E-state index in [1.165, 1.54) is 0 Å². The third-order valence-electron chi connectivity index (χ3n) is 2.79. The zero-order chi connectivity index (χ0) is 15.2. The molecule has 21 heavy (non-hydrogen) atoms. The molecule has 1 aromatic rings. The zero-order valence-electron chi connectivity index (χ0n) is 11.2. The fraction of sp³-hybridized carbons (Fsp3) is 0.308. The minimum Gasteiger partial charge on any atom is -0.467 e. The van der Waals surface area contributed by atoms with Crippen molar-refractivity contribution in [2.75, 3.05) is 7.11 Å². The molecule has 112 valence electrons. The summed E-state index contributed by atoms with van der Waals surface area (Å²) in [5.41, 5.74) is 2.80. The molecule has 2 amide bonds. The Labute approximate surface area is 120 Å². The molecule has 8 heteroatoms. The van der Waals surface area contributed by atoms with Gasteiger partial charge in [-0.2, -0.15) is 0 Å². The smallest absolute Gasteiger partial charge is 0.408 e. The number of benzene rings is 1. The predicted molar refractivity (Wildman–Crippen MR) is 68.6 cm³/mol. The Kier molecular flexibility index (Phi) is 4.72. The van der Waals surface area contributed by atoms with Gasteiger partial charge in [-0.05, 0) is 5.56 Å². The summed E-state index contributed by atoms with van der Waals surface area (Å²) in [4.78, 5) is 39.3. The molecule has 0 bridgehead atoms. The standard InChI is InChI=1S/C13H14N2O6/c1-19-12(17)10-9(11(16)15-21-10)14-13(18)20-7-8-5-3-2-4-6-8/h2-6,9-10H,7H2,1H3,(H,14,18)(H,15,16)/t9-,10?/m0/s1. The van der Waals surface area contributed by atoms with Gasteiger partial charge in [0.15, 0.2) is 6.04 Å². The molecular weight excluding hydrogens is 280 g/mol. The van der Waals surface area contributed by atoms with Crippen LogP contribution in [0.3, 0.4) is 0 Å². The summed E-state index contributed by atoms with van der Waals surface area (Å²) in [5, 5.41) is 2.27. The summed E-state index contributed by atoms with van der Waals surface area (Å²) in [6, 6.07) is 7.83. The number of carbonyl (C=O) groups is 3. The summed E-state index contributed by atoms with van der Waals surface area (Å²) in [6.45, 7) is 0.0464. The molecule has 1 heterocycles. The van der Waals surface area contributed by atoms with Crippen molar-refractivity contribution in [1.29, 1.82) is 0 Å². The van der Waals surface area contributed by atoms with Crippen LogP contribution in [-0.2, 0) is 30.5 Å². The van der Waals surface area contributed by atoms with Gasteiger partial charge in [-0.15, -0.1) is 0 Å². The number of esters is 1. The third-order valence-corrected chi connectivity index (χ3v) is 2.79. The summed E-state index contributed by atoms with van der Waals surface area (Å²) >= 11 is 0. The molecule has 8 nitrogen and oxygen atoms in total. The Morgan fingerprint density at radius 2 is 2.05 bits per heavy atom. The third kappa shape index (κ3) is 3.69. The fourth-order valence-corrected chi connectivity index (χ4v) is 1.72. The van der Waals surface area contributed by atoms with Crippen molar-refractivity contribution >= 4 is 18.0 Å². The van der Waals surface area contributed by atoms with Crippen LogP contribution in [0.5, 0.6) is 0 Å². The molecule has 0 radical (unpaired) electrons. The van der Waals surface area contributed by atoms with Gasteiger partial charge in [0.05, 0.1) is 7.11 Å². The molecule has 0 aliphatic carbocycles. The Morgan fingerprint density at radius 1 is 1.33 bits per heavy atom. The van der Waals surface area contributed by atoms with Crippen LogP contribution in [0.1, 0.15) is 5.56 Å². The molecule has 2 atom stereocenters. The van der Waals surface area contributed by atoms with Crippen LogP contribution in [0, 0.1) is 0 Å². The lowest BCUT2D eigenvalue weighted by Crippen LogP contribution is -2.48. The number of amides is 2. The first kappa shape index (κ1) is 14.8. The highest BCUT2D eigenvalue weighted by atomic mass is 16.7. The van der Waals surface area contributed by atoms with Gasteiger partial charge in [0.25, 0.3) is 5.91 Å². The van der Waals surface area contributed by atoms with Gasteiger partial charge in [0.1, 0.15) is 6.61 Å². The molecule has 2 N–H and O–H groups in total. The second kappa shape index (κ2) is 6.71. The average molecular weight is 294 g/mol. The summed E-state index contributed by atoms with van der Waals surface area (Å²) in [5.74, 6) is -1.43. The van der Waals surface area contributed by atoms with Gasteiger partial charge in [-0.3, -0.25) is 9.63 Å². The average Bonchev–Trinajstić information content (AvgIpc) is 2.86. The van der Waals surface area contributed by atoms with E-state index < -0.39 is 30.1 Å². The van der Waals surface area contributed by atoms with Crippen LogP contribution in [0.2, 0.25) is 0 Å². The number of alkyl carbamates (subject to hydrolysis) is 1. The van der Waals surface area contributed by atoms with E-state index in [1.54, 1.807) is 12.1 Å². The molecule has 1 saturated heterocycles. The van der Waals surface area contributed by atoms with Crippen LogP contribution in [-0.4, -0.2) is 37.2 Å². The first-order valence-electron chi connectivity index (χ1n) is 6.12. The quantitative estimate of drug-likeness (QED) is 0.751. The maximum atomic E-state index is 11.7. The van der Waals surface area contributed by atoms with Crippen molar-refractivity contribution in [2.45, 2.75) is 18.8 Å². The molecule has 1 aromatic carbocycles. The largest absolute Gasteiger partial charge is 0.467 e. The molecule has 1 fully saturated rings. The minimum absolute atomic E-state index is 0.0464. The minimum atomic E-state index is -1.24. The van der Waals surface area contributed by atoms with Crippen LogP contribution in [0.25, 0.3) is 0 Å². The molecule has 0 saturated carbocycles. The van der Waals surface area contributed by atoms with Crippen LogP contribution in [0.15, 0.2) is 30.3 Å². The normalized spacial score (nSPS) is 20.5. The van der Waals surface area contributed by atoms with E-state index in [0.29, 0.717) is 0 Å². The highest BCUT2D eigenvalue weighted by molar-refractivity contribution is 5.93. The highest BCUT2D eigenvalue weighted by Gasteiger charge is 2.43. The predicted octanol–water partition coefficient (Wildman–Crippen LogP) is -0.116. The van der Waals surface area contributed by atoms with Gasteiger partial charge in [-0.25, -0.2) is 15.1 Å². The van der Waals surface area contributed by atoms with Gasteiger partial charge in [0.2, 0.25) is 6.10 Å². The van der Waals surface area contributed by atoms with E-state index in [-0.39, 0.29) is 6.61 Å². The Hall–Kier alpha value is -2.61. The molecule has 0 spiro atoms. The fourth-order valence-electron chi connectivity index (χ4n) is 1.72. The number of rotatable bonds is 4. The molecule has 1 unspecified atom stereocenters. The van der Waals surface area contributed by atoms with Gasteiger partial charge in [-0.1, -0.05) is 30.3 Å². The van der Waals surface area contributed by atoms with Gasteiger partial charge in [0, 0.05) is 0 Å². The maximum Gasteiger partial charge on any atom is 0.408 e. The molecule has 1 aliphatic heterocycles. The SMILES string of the molecule is COC(=O)C1ONC(=O)[C@H]1NC(=O)OCc1ccccc1. The lowest BCUT2D eigenvalue weighted by atomic mass is 10.1. The van der Waals surface area contributed by atoms with Crippen molar-refractivity contribution in [1.82, 2.24) is 10.8 Å². The Balaban J connectivity index is 1.89. The van der Waals surface area contributed by atoms with E-state index in [4.69, 9.17) is 9.57 Å².